The minimum absolute atomic E-state index is 0.104. The molecular formula is C20H22F3N3O3S. The fraction of sp³-hybridized carbons (Fsp3) is 0.350. The van der Waals surface area contributed by atoms with E-state index in [0.717, 1.165) is 6.07 Å². The van der Waals surface area contributed by atoms with Crippen LogP contribution in [0.5, 0.6) is 0 Å². The molecule has 0 aliphatic carbocycles. The molecular weight excluding hydrogens is 419 g/mol. The topological polar surface area (TPSA) is 69.7 Å². The summed E-state index contributed by atoms with van der Waals surface area (Å²) in [4.78, 5) is 13.0. The van der Waals surface area contributed by atoms with Crippen molar-refractivity contribution in [2.45, 2.75) is 24.5 Å². The first-order valence-corrected chi connectivity index (χ1v) is 10.8. The predicted octanol–water partition coefficient (Wildman–Crippen LogP) is 3.17. The zero-order valence-corrected chi connectivity index (χ0v) is 17.1. The molecule has 2 aromatic rings. The van der Waals surface area contributed by atoms with Crippen molar-refractivity contribution in [1.82, 2.24) is 9.21 Å². The average Bonchev–Trinajstić information content (AvgIpc) is 2.68. The molecule has 0 saturated carbocycles. The molecule has 6 nitrogen and oxygen atoms in total. The monoisotopic (exact) mass is 441 g/mol. The van der Waals surface area contributed by atoms with E-state index in [9.17, 15) is 26.4 Å². The second-order valence-electron chi connectivity index (χ2n) is 7.04. The van der Waals surface area contributed by atoms with E-state index in [1.54, 1.807) is 6.07 Å². The number of carbonyl (C=O) groups excluding carboxylic acids is 1. The van der Waals surface area contributed by atoms with Gasteiger partial charge in [-0.25, -0.2) is 8.42 Å². The molecule has 0 aromatic heterocycles. The SMILES string of the molecule is CC(=O)Nc1ccc(S(=O)(=O)N2CCN(Cc3ccccc3C(F)(F)F)CC2)cc1. The van der Waals surface area contributed by atoms with Gasteiger partial charge in [-0.05, 0) is 35.9 Å². The number of anilines is 1. The summed E-state index contributed by atoms with van der Waals surface area (Å²) in [6.45, 7) is 2.49. The third kappa shape index (κ3) is 5.18. The Morgan fingerprint density at radius 3 is 2.17 bits per heavy atom. The number of hydrogen-bond donors (Lipinski definition) is 1. The number of amides is 1. The summed E-state index contributed by atoms with van der Waals surface area (Å²) in [5.74, 6) is -0.256. The van der Waals surface area contributed by atoms with Gasteiger partial charge in [0.15, 0.2) is 0 Å². The fourth-order valence-electron chi connectivity index (χ4n) is 3.37. The third-order valence-corrected chi connectivity index (χ3v) is 6.77. The van der Waals surface area contributed by atoms with Crippen LogP contribution in [0.25, 0.3) is 0 Å². The summed E-state index contributed by atoms with van der Waals surface area (Å²) in [5, 5.41) is 2.57. The maximum atomic E-state index is 13.2. The van der Waals surface area contributed by atoms with E-state index in [4.69, 9.17) is 0 Å². The molecule has 1 aliphatic heterocycles. The van der Waals surface area contributed by atoms with Crippen LogP contribution < -0.4 is 5.32 Å². The van der Waals surface area contributed by atoms with Crippen molar-refractivity contribution >= 4 is 21.6 Å². The van der Waals surface area contributed by atoms with Crippen LogP contribution in [0.1, 0.15) is 18.1 Å². The minimum atomic E-state index is -4.43. The highest BCUT2D eigenvalue weighted by atomic mass is 32.2. The summed E-state index contributed by atoms with van der Waals surface area (Å²) >= 11 is 0. The van der Waals surface area contributed by atoms with E-state index >= 15 is 0 Å². The Labute approximate surface area is 173 Å². The molecule has 0 spiro atoms. The maximum absolute atomic E-state index is 13.2. The molecule has 1 N–H and O–H groups in total. The molecule has 0 radical (unpaired) electrons. The molecule has 30 heavy (non-hydrogen) atoms. The van der Waals surface area contributed by atoms with Gasteiger partial charge in [-0.1, -0.05) is 18.2 Å². The van der Waals surface area contributed by atoms with Crippen LogP contribution in [0.15, 0.2) is 53.4 Å². The van der Waals surface area contributed by atoms with Gasteiger partial charge in [-0.15, -0.1) is 0 Å². The molecule has 1 amide bonds. The van der Waals surface area contributed by atoms with Gasteiger partial charge in [-0.3, -0.25) is 9.69 Å². The number of benzene rings is 2. The van der Waals surface area contributed by atoms with Crippen LogP contribution >= 0.6 is 0 Å². The highest BCUT2D eigenvalue weighted by molar-refractivity contribution is 7.89. The number of halogens is 3. The lowest BCUT2D eigenvalue weighted by atomic mass is 10.1. The largest absolute Gasteiger partial charge is 0.416 e. The van der Waals surface area contributed by atoms with E-state index in [0.29, 0.717) is 18.8 Å². The van der Waals surface area contributed by atoms with E-state index < -0.39 is 21.8 Å². The Balaban J connectivity index is 1.65. The number of carbonyl (C=O) groups is 1. The normalized spacial score (nSPS) is 16.4. The molecule has 162 valence electrons. The van der Waals surface area contributed by atoms with Crippen LogP contribution in [0.2, 0.25) is 0 Å². The molecule has 1 saturated heterocycles. The van der Waals surface area contributed by atoms with Gasteiger partial charge in [0.2, 0.25) is 15.9 Å². The van der Waals surface area contributed by atoms with Gasteiger partial charge in [0.1, 0.15) is 0 Å². The Morgan fingerprint density at radius 2 is 1.60 bits per heavy atom. The fourth-order valence-corrected chi connectivity index (χ4v) is 4.79. The number of rotatable bonds is 5. The zero-order chi connectivity index (χ0) is 21.9. The molecule has 1 fully saturated rings. The molecule has 2 aromatic carbocycles. The number of hydrogen-bond acceptors (Lipinski definition) is 4. The number of nitrogens with one attached hydrogen (secondary N) is 1. The van der Waals surface area contributed by atoms with E-state index in [2.05, 4.69) is 5.32 Å². The van der Waals surface area contributed by atoms with Crippen molar-refractivity contribution in [1.29, 1.82) is 0 Å². The second-order valence-corrected chi connectivity index (χ2v) is 8.98. The highest BCUT2D eigenvalue weighted by Crippen LogP contribution is 2.32. The summed E-state index contributed by atoms with van der Waals surface area (Å²) in [6, 6.07) is 11.3. The molecule has 0 bridgehead atoms. The highest BCUT2D eigenvalue weighted by Gasteiger charge is 2.34. The second kappa shape index (κ2) is 8.75. The van der Waals surface area contributed by atoms with Gasteiger partial charge in [0.05, 0.1) is 10.5 Å². The smallest absolute Gasteiger partial charge is 0.326 e. The molecule has 0 unspecified atom stereocenters. The van der Waals surface area contributed by atoms with Gasteiger partial charge < -0.3 is 5.32 Å². The summed E-state index contributed by atoms with van der Waals surface area (Å²) < 4.78 is 66.5. The van der Waals surface area contributed by atoms with Gasteiger partial charge >= 0.3 is 6.18 Å². The first kappa shape index (κ1) is 22.3. The minimum Gasteiger partial charge on any atom is -0.326 e. The van der Waals surface area contributed by atoms with Crippen molar-refractivity contribution in [3.05, 3.63) is 59.7 Å². The van der Waals surface area contributed by atoms with Crippen molar-refractivity contribution in [3.63, 3.8) is 0 Å². The van der Waals surface area contributed by atoms with E-state index in [1.165, 1.54) is 47.6 Å². The maximum Gasteiger partial charge on any atom is 0.416 e. The van der Waals surface area contributed by atoms with Crippen LogP contribution in [0, 0.1) is 0 Å². The third-order valence-electron chi connectivity index (χ3n) is 4.86. The summed E-state index contributed by atoms with van der Waals surface area (Å²) in [6.07, 6.45) is -4.43. The number of sulfonamides is 1. The quantitative estimate of drug-likeness (QED) is 0.774. The number of alkyl halides is 3. The molecule has 3 rings (SSSR count). The molecule has 0 atom stereocenters. The average molecular weight is 441 g/mol. The van der Waals surface area contributed by atoms with Crippen LogP contribution in [0.4, 0.5) is 18.9 Å². The first-order valence-electron chi connectivity index (χ1n) is 9.32. The first-order chi connectivity index (χ1) is 14.1. The van der Waals surface area contributed by atoms with Crippen molar-refractivity contribution in [2.24, 2.45) is 0 Å². The Hall–Kier alpha value is -2.43. The lowest BCUT2D eigenvalue weighted by molar-refractivity contribution is -0.138. The molecule has 1 aliphatic rings. The van der Waals surface area contributed by atoms with Gasteiger partial charge in [0.25, 0.3) is 0 Å². The van der Waals surface area contributed by atoms with E-state index in [1.807, 2.05) is 4.90 Å². The summed E-state index contributed by atoms with van der Waals surface area (Å²) in [5.41, 5.74) is 0.00350. The lowest BCUT2D eigenvalue weighted by Gasteiger charge is -2.34. The number of nitrogens with zero attached hydrogens (tertiary/aromatic N) is 2. The van der Waals surface area contributed by atoms with E-state index in [-0.39, 0.29) is 36.0 Å². The van der Waals surface area contributed by atoms with Gasteiger partial charge in [-0.2, -0.15) is 17.5 Å². The Bertz CT molecular complexity index is 1000. The summed E-state index contributed by atoms with van der Waals surface area (Å²) in [7, 11) is -3.72. The molecule has 1 heterocycles. The Morgan fingerprint density at radius 1 is 1.00 bits per heavy atom. The van der Waals surface area contributed by atoms with Crippen LogP contribution in [-0.2, 0) is 27.5 Å². The number of piperazine rings is 1. The van der Waals surface area contributed by atoms with Crippen molar-refractivity contribution in [2.75, 3.05) is 31.5 Å². The van der Waals surface area contributed by atoms with Gasteiger partial charge in [0, 0.05) is 45.3 Å². The molecule has 10 heteroatoms. The standard InChI is InChI=1S/C20H22F3N3O3S/c1-15(27)24-17-6-8-18(9-7-17)30(28,29)26-12-10-25(11-13-26)14-16-4-2-3-5-19(16)20(21,22)23/h2-9H,10-14H2,1H3,(H,24,27). The predicted molar refractivity (Wildman–Crippen MR) is 106 cm³/mol. The lowest BCUT2D eigenvalue weighted by Crippen LogP contribution is -2.48. The van der Waals surface area contributed by atoms with Crippen molar-refractivity contribution < 1.29 is 26.4 Å². The van der Waals surface area contributed by atoms with Crippen LogP contribution in [-0.4, -0.2) is 49.7 Å². The van der Waals surface area contributed by atoms with Crippen LogP contribution in [0.3, 0.4) is 0 Å². The zero-order valence-electron chi connectivity index (χ0n) is 16.3. The van der Waals surface area contributed by atoms with Crippen molar-refractivity contribution in [3.8, 4) is 0 Å². The Kier molecular flexibility index (Phi) is 6.49.